The molecule has 0 bridgehead atoms. The Morgan fingerprint density at radius 2 is 1.90 bits per heavy atom. The van der Waals surface area contributed by atoms with E-state index in [0.29, 0.717) is 16.1 Å². The number of aromatic carboxylic acids is 1. The predicted molar refractivity (Wildman–Crippen MR) is 87.6 cm³/mol. The third-order valence-electron chi connectivity index (χ3n) is 3.25. The lowest BCUT2D eigenvalue weighted by Crippen LogP contribution is -2.13. The van der Waals surface area contributed by atoms with Crippen molar-refractivity contribution in [2.75, 3.05) is 5.32 Å². The van der Waals surface area contributed by atoms with Crippen LogP contribution < -0.4 is 5.32 Å². The number of carboxylic acids is 1. The Bertz CT molecular complexity index is 737. The van der Waals surface area contributed by atoms with E-state index in [1.165, 1.54) is 11.3 Å². The number of aryl methyl sites for hydroxylation is 2. The van der Waals surface area contributed by atoms with Gasteiger partial charge in [0.2, 0.25) is 0 Å². The van der Waals surface area contributed by atoms with Crippen LogP contribution >= 0.6 is 27.3 Å². The molecule has 0 unspecified atom stereocenters. The molecule has 2 aromatic rings. The van der Waals surface area contributed by atoms with Gasteiger partial charge in [0.25, 0.3) is 5.91 Å². The molecule has 2 rings (SSSR count). The number of hydrogen-bond acceptors (Lipinski definition) is 3. The summed E-state index contributed by atoms with van der Waals surface area (Å²) in [6, 6.07) is 5.25. The van der Waals surface area contributed by atoms with Crippen molar-refractivity contribution >= 4 is 44.1 Å². The number of benzene rings is 1. The second-order valence-electron chi connectivity index (χ2n) is 4.71. The van der Waals surface area contributed by atoms with Crippen molar-refractivity contribution in [3.05, 3.63) is 49.8 Å². The van der Waals surface area contributed by atoms with Gasteiger partial charge >= 0.3 is 5.97 Å². The third kappa shape index (κ3) is 3.16. The Kier molecular flexibility index (Phi) is 4.49. The second-order valence-corrected chi connectivity index (χ2v) is 6.79. The molecule has 6 heteroatoms. The molecule has 0 saturated carbocycles. The van der Waals surface area contributed by atoms with E-state index < -0.39 is 5.97 Å². The third-order valence-corrected chi connectivity index (χ3v) is 5.26. The summed E-state index contributed by atoms with van der Waals surface area (Å²) in [4.78, 5) is 24.5. The SMILES string of the molecule is Cc1cc(C(=O)Nc2sc(C)c(C)c2C(=O)O)ccc1Br. The number of halogens is 1. The highest BCUT2D eigenvalue weighted by Gasteiger charge is 2.20. The topological polar surface area (TPSA) is 66.4 Å². The normalized spacial score (nSPS) is 10.5. The van der Waals surface area contributed by atoms with Crippen molar-refractivity contribution in [3.63, 3.8) is 0 Å². The van der Waals surface area contributed by atoms with Gasteiger partial charge < -0.3 is 10.4 Å². The second kappa shape index (κ2) is 5.99. The lowest BCUT2D eigenvalue weighted by atomic mass is 10.1. The van der Waals surface area contributed by atoms with E-state index in [1.807, 2.05) is 13.8 Å². The van der Waals surface area contributed by atoms with Crippen molar-refractivity contribution in [1.29, 1.82) is 0 Å². The first-order valence-electron chi connectivity index (χ1n) is 6.22. The van der Waals surface area contributed by atoms with Gasteiger partial charge in [-0.25, -0.2) is 4.79 Å². The molecule has 0 atom stereocenters. The molecule has 0 radical (unpaired) electrons. The van der Waals surface area contributed by atoms with Gasteiger partial charge in [-0.1, -0.05) is 15.9 Å². The quantitative estimate of drug-likeness (QED) is 0.845. The summed E-state index contributed by atoms with van der Waals surface area (Å²) in [5.41, 5.74) is 2.30. The van der Waals surface area contributed by atoms with Crippen molar-refractivity contribution in [2.24, 2.45) is 0 Å². The molecule has 1 aromatic carbocycles. The molecular formula is C15H14BrNO3S. The minimum atomic E-state index is -1.03. The molecule has 21 heavy (non-hydrogen) atoms. The fraction of sp³-hybridized carbons (Fsp3) is 0.200. The molecule has 0 aliphatic carbocycles. The average molecular weight is 368 g/mol. The van der Waals surface area contributed by atoms with E-state index >= 15 is 0 Å². The monoisotopic (exact) mass is 367 g/mol. The summed E-state index contributed by atoms with van der Waals surface area (Å²) in [6.45, 7) is 5.48. The Labute approximate surface area is 134 Å². The molecular weight excluding hydrogens is 354 g/mol. The van der Waals surface area contributed by atoms with Crippen molar-refractivity contribution in [1.82, 2.24) is 0 Å². The van der Waals surface area contributed by atoms with Crippen LogP contribution in [0.4, 0.5) is 5.00 Å². The molecule has 0 aliphatic heterocycles. The number of anilines is 1. The first-order valence-corrected chi connectivity index (χ1v) is 7.83. The van der Waals surface area contributed by atoms with Crippen LogP contribution in [0.3, 0.4) is 0 Å². The summed E-state index contributed by atoms with van der Waals surface area (Å²) in [5.74, 6) is -1.34. The van der Waals surface area contributed by atoms with Gasteiger partial charge in [0, 0.05) is 14.9 Å². The zero-order valence-electron chi connectivity index (χ0n) is 11.8. The smallest absolute Gasteiger partial charge is 0.338 e. The maximum atomic E-state index is 12.3. The van der Waals surface area contributed by atoms with Gasteiger partial charge in [-0.15, -0.1) is 11.3 Å². The van der Waals surface area contributed by atoms with Gasteiger partial charge in [0.1, 0.15) is 5.00 Å². The minimum absolute atomic E-state index is 0.166. The van der Waals surface area contributed by atoms with Crippen LogP contribution in [-0.2, 0) is 0 Å². The van der Waals surface area contributed by atoms with Gasteiger partial charge in [-0.2, -0.15) is 0 Å². The van der Waals surface area contributed by atoms with Crippen LogP contribution in [0, 0.1) is 20.8 Å². The van der Waals surface area contributed by atoms with Crippen molar-refractivity contribution in [2.45, 2.75) is 20.8 Å². The zero-order chi connectivity index (χ0) is 15.7. The standard InChI is InChI=1S/C15H14BrNO3S/c1-7-6-10(4-5-11(7)16)13(18)17-14-12(15(19)20)8(2)9(3)21-14/h4-6H,1-3H3,(H,17,18)(H,19,20). The van der Waals surface area contributed by atoms with Gasteiger partial charge in [0.15, 0.2) is 0 Å². The first kappa shape index (κ1) is 15.7. The van der Waals surface area contributed by atoms with Crippen LogP contribution in [-0.4, -0.2) is 17.0 Å². The molecule has 0 spiro atoms. The largest absolute Gasteiger partial charge is 0.478 e. The molecule has 2 N–H and O–H groups in total. The molecule has 0 aliphatic rings. The van der Waals surface area contributed by atoms with Crippen LogP contribution in [0.25, 0.3) is 0 Å². The van der Waals surface area contributed by atoms with Crippen molar-refractivity contribution in [3.8, 4) is 0 Å². The van der Waals surface area contributed by atoms with Gasteiger partial charge in [-0.05, 0) is 50.1 Å². The maximum Gasteiger partial charge on any atom is 0.338 e. The fourth-order valence-electron chi connectivity index (χ4n) is 1.93. The van der Waals surface area contributed by atoms with Crippen LogP contribution in [0.15, 0.2) is 22.7 Å². The van der Waals surface area contributed by atoms with Crippen LogP contribution in [0.5, 0.6) is 0 Å². The maximum absolute atomic E-state index is 12.3. The Morgan fingerprint density at radius 3 is 2.48 bits per heavy atom. The lowest BCUT2D eigenvalue weighted by molar-refractivity contribution is 0.0697. The number of thiophene rings is 1. The highest BCUT2D eigenvalue weighted by atomic mass is 79.9. The molecule has 110 valence electrons. The van der Waals surface area contributed by atoms with E-state index in [0.717, 1.165) is 14.9 Å². The summed E-state index contributed by atoms with van der Waals surface area (Å²) < 4.78 is 0.924. The number of carboxylic acid groups (broad SMARTS) is 1. The minimum Gasteiger partial charge on any atom is -0.478 e. The number of hydrogen-bond donors (Lipinski definition) is 2. The predicted octanol–water partition coefficient (Wildman–Crippen LogP) is 4.39. The average Bonchev–Trinajstić information content (AvgIpc) is 2.68. The Balaban J connectivity index is 2.33. The number of nitrogens with one attached hydrogen (secondary N) is 1. The molecule has 0 saturated heterocycles. The van der Waals surface area contributed by atoms with Crippen LogP contribution in [0.1, 0.15) is 36.7 Å². The highest BCUT2D eigenvalue weighted by Crippen LogP contribution is 2.32. The Morgan fingerprint density at radius 1 is 1.24 bits per heavy atom. The summed E-state index contributed by atoms with van der Waals surface area (Å²) in [6.07, 6.45) is 0. The van der Waals surface area contributed by atoms with E-state index in [2.05, 4.69) is 21.2 Å². The Hall–Kier alpha value is -1.66. The molecule has 1 aromatic heterocycles. The summed E-state index contributed by atoms with van der Waals surface area (Å²) in [7, 11) is 0. The van der Waals surface area contributed by atoms with E-state index in [-0.39, 0.29) is 11.5 Å². The molecule has 4 nitrogen and oxygen atoms in total. The van der Waals surface area contributed by atoms with Gasteiger partial charge in [-0.3, -0.25) is 4.79 Å². The number of rotatable bonds is 3. The van der Waals surface area contributed by atoms with E-state index in [9.17, 15) is 14.7 Å². The fourth-order valence-corrected chi connectivity index (χ4v) is 3.23. The van der Waals surface area contributed by atoms with Gasteiger partial charge in [0.05, 0.1) is 5.56 Å². The lowest BCUT2D eigenvalue weighted by Gasteiger charge is -2.06. The highest BCUT2D eigenvalue weighted by molar-refractivity contribution is 9.10. The summed E-state index contributed by atoms with van der Waals surface area (Å²) in [5, 5.41) is 12.4. The molecule has 1 amide bonds. The summed E-state index contributed by atoms with van der Waals surface area (Å²) >= 11 is 4.66. The van der Waals surface area contributed by atoms with E-state index in [4.69, 9.17) is 0 Å². The zero-order valence-corrected chi connectivity index (χ0v) is 14.2. The number of amides is 1. The first-order chi connectivity index (χ1) is 9.81. The van der Waals surface area contributed by atoms with Crippen LogP contribution in [0.2, 0.25) is 0 Å². The number of carbonyl (C=O) groups is 2. The number of carbonyl (C=O) groups excluding carboxylic acids is 1. The molecule has 0 fully saturated rings. The molecule has 1 heterocycles. The van der Waals surface area contributed by atoms with Crippen molar-refractivity contribution < 1.29 is 14.7 Å². The van der Waals surface area contributed by atoms with E-state index in [1.54, 1.807) is 25.1 Å².